The smallest absolute Gasteiger partial charge is 0.135 e. The van der Waals surface area contributed by atoms with Crippen molar-refractivity contribution in [1.82, 2.24) is 9.97 Å². The molecule has 3 nitrogen and oxygen atoms in total. The molecule has 1 unspecified atom stereocenters. The molecule has 2 heterocycles. The fraction of sp³-hybridized carbons (Fsp3) is 0.636. The van der Waals surface area contributed by atoms with E-state index in [9.17, 15) is 0 Å². The zero-order valence-electron chi connectivity index (χ0n) is 9.33. The number of hydrogen-bond acceptors (Lipinski definition) is 3. The van der Waals surface area contributed by atoms with Gasteiger partial charge in [0.1, 0.15) is 11.6 Å². The topological polar surface area (TPSA) is 29.0 Å². The van der Waals surface area contributed by atoms with Crippen LogP contribution in [-0.2, 0) is 6.42 Å². The van der Waals surface area contributed by atoms with E-state index in [1.807, 2.05) is 6.92 Å². The van der Waals surface area contributed by atoms with E-state index in [2.05, 4.69) is 35.8 Å². The average Bonchev–Trinajstić information content (AvgIpc) is 2.12. The minimum Gasteiger partial charge on any atom is -0.357 e. The molecule has 2 rings (SSSR count). The molecule has 14 heavy (non-hydrogen) atoms. The number of anilines is 1. The maximum atomic E-state index is 4.52. The van der Waals surface area contributed by atoms with Crippen LogP contribution in [0, 0.1) is 13.8 Å². The maximum absolute atomic E-state index is 4.52. The molecule has 0 radical (unpaired) electrons. The molecule has 0 saturated heterocycles. The third-order valence-electron chi connectivity index (χ3n) is 3.11. The Morgan fingerprint density at radius 2 is 2.00 bits per heavy atom. The van der Waals surface area contributed by atoms with Crippen molar-refractivity contribution in [1.29, 1.82) is 0 Å². The van der Waals surface area contributed by atoms with Crippen LogP contribution < -0.4 is 4.90 Å². The summed E-state index contributed by atoms with van der Waals surface area (Å²) in [6.07, 6.45) is 2.32. The molecule has 3 heteroatoms. The van der Waals surface area contributed by atoms with E-state index in [-0.39, 0.29) is 0 Å². The summed E-state index contributed by atoms with van der Waals surface area (Å²) in [7, 11) is 2.12. The van der Waals surface area contributed by atoms with Gasteiger partial charge in [0, 0.05) is 24.3 Å². The van der Waals surface area contributed by atoms with Gasteiger partial charge >= 0.3 is 0 Å². The van der Waals surface area contributed by atoms with Crippen molar-refractivity contribution >= 4 is 5.82 Å². The van der Waals surface area contributed by atoms with E-state index in [1.165, 1.54) is 12.0 Å². The molecule has 0 spiro atoms. The van der Waals surface area contributed by atoms with E-state index in [0.717, 1.165) is 23.8 Å². The lowest BCUT2D eigenvalue weighted by atomic mass is 9.99. The molecule has 1 aliphatic heterocycles. The van der Waals surface area contributed by atoms with Gasteiger partial charge in [0.25, 0.3) is 0 Å². The van der Waals surface area contributed by atoms with Gasteiger partial charge < -0.3 is 4.90 Å². The van der Waals surface area contributed by atoms with Gasteiger partial charge in [-0.15, -0.1) is 0 Å². The van der Waals surface area contributed by atoms with Gasteiger partial charge in [-0.05, 0) is 33.6 Å². The molecule has 1 aliphatic rings. The fourth-order valence-corrected chi connectivity index (χ4v) is 2.06. The largest absolute Gasteiger partial charge is 0.357 e. The van der Waals surface area contributed by atoms with Gasteiger partial charge in [0.05, 0.1) is 0 Å². The van der Waals surface area contributed by atoms with Gasteiger partial charge in [-0.25, -0.2) is 9.97 Å². The Kier molecular flexibility index (Phi) is 2.17. The predicted octanol–water partition coefficient (Wildman–Crippen LogP) is 1.86. The molecule has 0 bridgehead atoms. The van der Waals surface area contributed by atoms with Crippen LogP contribution >= 0.6 is 0 Å². The number of aryl methyl sites for hydroxylation is 2. The normalized spacial score (nSPS) is 20.9. The highest BCUT2D eigenvalue weighted by atomic mass is 15.2. The minimum atomic E-state index is 0.594. The van der Waals surface area contributed by atoms with E-state index >= 15 is 0 Å². The molecular weight excluding hydrogens is 174 g/mol. The maximum Gasteiger partial charge on any atom is 0.135 e. The van der Waals surface area contributed by atoms with Crippen LogP contribution in [0.25, 0.3) is 0 Å². The van der Waals surface area contributed by atoms with Crippen LogP contribution in [-0.4, -0.2) is 23.1 Å². The van der Waals surface area contributed by atoms with Gasteiger partial charge in [0.2, 0.25) is 0 Å². The van der Waals surface area contributed by atoms with Gasteiger partial charge in [-0.3, -0.25) is 0 Å². The van der Waals surface area contributed by atoms with Crippen molar-refractivity contribution in [2.45, 2.75) is 39.7 Å². The minimum absolute atomic E-state index is 0.594. The Labute approximate surface area is 85.2 Å². The zero-order valence-corrected chi connectivity index (χ0v) is 9.33. The lowest BCUT2D eigenvalue weighted by molar-refractivity contribution is 0.583. The van der Waals surface area contributed by atoms with Crippen LogP contribution in [0.4, 0.5) is 5.82 Å². The summed E-state index contributed by atoms with van der Waals surface area (Å²) >= 11 is 0. The number of rotatable bonds is 0. The second-order valence-electron chi connectivity index (χ2n) is 4.16. The molecule has 0 aromatic carbocycles. The van der Waals surface area contributed by atoms with E-state index in [4.69, 9.17) is 0 Å². The van der Waals surface area contributed by atoms with Crippen molar-refractivity contribution in [3.8, 4) is 0 Å². The first-order valence-corrected chi connectivity index (χ1v) is 5.16. The standard InChI is InChI=1S/C11H17N3/c1-7-5-6-10-8(2)12-9(3)13-11(10)14(7)4/h7H,5-6H2,1-4H3. The van der Waals surface area contributed by atoms with Crippen molar-refractivity contribution in [3.63, 3.8) is 0 Å². The molecular formula is C11H17N3. The van der Waals surface area contributed by atoms with E-state index in [0.29, 0.717) is 6.04 Å². The summed E-state index contributed by atoms with van der Waals surface area (Å²) < 4.78 is 0. The molecule has 0 aliphatic carbocycles. The lowest BCUT2D eigenvalue weighted by Crippen LogP contribution is -2.35. The van der Waals surface area contributed by atoms with Crippen LogP contribution in [0.15, 0.2) is 0 Å². The van der Waals surface area contributed by atoms with Crippen LogP contribution in [0.2, 0.25) is 0 Å². The number of nitrogens with zero attached hydrogens (tertiary/aromatic N) is 3. The Morgan fingerprint density at radius 1 is 1.29 bits per heavy atom. The summed E-state index contributed by atoms with van der Waals surface area (Å²) in [4.78, 5) is 11.2. The van der Waals surface area contributed by atoms with Crippen molar-refractivity contribution in [2.24, 2.45) is 0 Å². The van der Waals surface area contributed by atoms with Crippen molar-refractivity contribution < 1.29 is 0 Å². The Bertz CT molecular complexity index is 360. The molecule has 1 aromatic heterocycles. The lowest BCUT2D eigenvalue weighted by Gasteiger charge is -2.33. The molecule has 0 saturated carbocycles. The molecule has 0 amide bonds. The van der Waals surface area contributed by atoms with Gasteiger partial charge in [-0.1, -0.05) is 0 Å². The molecule has 1 atom stereocenters. The zero-order chi connectivity index (χ0) is 10.3. The fourth-order valence-electron chi connectivity index (χ4n) is 2.06. The summed E-state index contributed by atoms with van der Waals surface area (Å²) in [6.45, 7) is 6.29. The second kappa shape index (κ2) is 3.23. The highest BCUT2D eigenvalue weighted by Gasteiger charge is 2.23. The molecule has 0 N–H and O–H groups in total. The Balaban J connectivity index is 2.54. The first-order chi connectivity index (χ1) is 6.59. The van der Waals surface area contributed by atoms with E-state index in [1.54, 1.807) is 0 Å². The summed E-state index contributed by atoms with van der Waals surface area (Å²) in [6, 6.07) is 0.594. The summed E-state index contributed by atoms with van der Waals surface area (Å²) in [5, 5.41) is 0. The van der Waals surface area contributed by atoms with Crippen LogP contribution in [0.1, 0.15) is 30.4 Å². The quantitative estimate of drug-likeness (QED) is 0.627. The third kappa shape index (κ3) is 1.37. The van der Waals surface area contributed by atoms with Crippen LogP contribution in [0.3, 0.4) is 0 Å². The van der Waals surface area contributed by atoms with E-state index < -0.39 is 0 Å². The van der Waals surface area contributed by atoms with Gasteiger partial charge in [0.15, 0.2) is 0 Å². The molecule has 76 valence electrons. The summed E-state index contributed by atoms with van der Waals surface area (Å²) in [5.41, 5.74) is 2.47. The Hall–Kier alpha value is -1.12. The van der Waals surface area contributed by atoms with Gasteiger partial charge in [-0.2, -0.15) is 0 Å². The van der Waals surface area contributed by atoms with Crippen molar-refractivity contribution in [3.05, 3.63) is 17.1 Å². The average molecular weight is 191 g/mol. The highest BCUT2D eigenvalue weighted by molar-refractivity contribution is 5.51. The predicted molar refractivity (Wildman–Crippen MR) is 57.7 cm³/mol. The number of hydrogen-bond donors (Lipinski definition) is 0. The number of aromatic nitrogens is 2. The molecule has 1 aromatic rings. The van der Waals surface area contributed by atoms with Crippen molar-refractivity contribution in [2.75, 3.05) is 11.9 Å². The Morgan fingerprint density at radius 3 is 2.71 bits per heavy atom. The number of fused-ring (bicyclic) bond motifs is 1. The summed E-state index contributed by atoms with van der Waals surface area (Å²) in [5.74, 6) is 2.01. The third-order valence-corrected chi connectivity index (χ3v) is 3.11. The van der Waals surface area contributed by atoms with Crippen LogP contribution in [0.5, 0.6) is 0 Å². The highest BCUT2D eigenvalue weighted by Crippen LogP contribution is 2.28. The second-order valence-corrected chi connectivity index (χ2v) is 4.16. The first-order valence-electron chi connectivity index (χ1n) is 5.16. The molecule has 0 fully saturated rings. The first kappa shape index (κ1) is 9.44. The SMILES string of the molecule is Cc1nc(C)c2c(n1)N(C)C(C)CC2. The monoisotopic (exact) mass is 191 g/mol.